The maximum Gasteiger partial charge on any atom is 0.234 e. The van der Waals surface area contributed by atoms with Crippen molar-refractivity contribution in [3.05, 3.63) is 34.3 Å². The number of carbonyl (C=O) groups excluding carboxylic acids is 1. The average molecular weight is 273 g/mol. The van der Waals surface area contributed by atoms with E-state index in [0.717, 1.165) is 10.0 Å². The van der Waals surface area contributed by atoms with Crippen LogP contribution in [0.2, 0.25) is 0 Å². The average Bonchev–Trinajstić information content (AvgIpc) is 2.24. The fourth-order valence-electron chi connectivity index (χ4n) is 0.975. The number of nitrogens with two attached hydrogens (primary N) is 2. The number of primary amides is 1. The van der Waals surface area contributed by atoms with Crippen LogP contribution in [0.1, 0.15) is 19.4 Å². The monoisotopic (exact) mass is 272 g/mol. The van der Waals surface area contributed by atoms with Crippen molar-refractivity contribution in [2.75, 3.05) is 0 Å². The van der Waals surface area contributed by atoms with Gasteiger partial charge in [-0.25, -0.2) is 0 Å². The van der Waals surface area contributed by atoms with Gasteiger partial charge in [0, 0.05) is 4.47 Å². The highest BCUT2D eigenvalue weighted by atomic mass is 79.9. The summed E-state index contributed by atoms with van der Waals surface area (Å²) >= 11 is 3.32. The maximum atomic E-state index is 10.7. The molecule has 1 atom stereocenters. The lowest BCUT2D eigenvalue weighted by molar-refractivity contribution is -0.119. The predicted molar refractivity (Wildman–Crippen MR) is 66.4 cm³/mol. The van der Waals surface area contributed by atoms with Gasteiger partial charge in [-0.05, 0) is 24.1 Å². The predicted octanol–water partition coefficient (Wildman–Crippen LogP) is 1.83. The molecule has 0 aliphatic rings. The van der Waals surface area contributed by atoms with E-state index in [1.54, 1.807) is 0 Å². The number of amides is 1. The van der Waals surface area contributed by atoms with Crippen LogP contribution in [-0.2, 0) is 11.2 Å². The number of hydrogen-bond donors (Lipinski definition) is 2. The maximum absolute atomic E-state index is 10.7. The smallest absolute Gasteiger partial charge is 0.234 e. The van der Waals surface area contributed by atoms with Crippen LogP contribution in [0.3, 0.4) is 0 Å². The van der Waals surface area contributed by atoms with Crippen molar-refractivity contribution in [3.8, 4) is 0 Å². The quantitative estimate of drug-likeness (QED) is 0.882. The molecule has 1 aromatic carbocycles. The van der Waals surface area contributed by atoms with Crippen LogP contribution in [0.25, 0.3) is 0 Å². The minimum Gasteiger partial charge on any atom is -0.368 e. The SMILES string of the molecule is CC.NC(=O)C(N)Cc1ccc(Br)cc1. The molecule has 1 rings (SSSR count). The third kappa shape index (κ3) is 5.54. The van der Waals surface area contributed by atoms with Gasteiger partial charge in [-0.1, -0.05) is 41.9 Å². The molecule has 1 unspecified atom stereocenters. The zero-order valence-corrected chi connectivity index (χ0v) is 10.6. The van der Waals surface area contributed by atoms with Crippen LogP contribution in [0.5, 0.6) is 0 Å². The van der Waals surface area contributed by atoms with E-state index in [9.17, 15) is 4.79 Å². The topological polar surface area (TPSA) is 69.1 Å². The summed E-state index contributed by atoms with van der Waals surface area (Å²) in [5.74, 6) is -0.470. The van der Waals surface area contributed by atoms with E-state index in [1.807, 2.05) is 38.1 Å². The van der Waals surface area contributed by atoms with Gasteiger partial charge in [0.15, 0.2) is 0 Å². The molecule has 1 amide bonds. The second-order valence-electron chi connectivity index (χ2n) is 2.84. The molecular weight excluding hydrogens is 256 g/mol. The summed E-state index contributed by atoms with van der Waals surface area (Å²) in [7, 11) is 0. The molecule has 3 nitrogen and oxygen atoms in total. The Balaban J connectivity index is 0.000000921. The fourth-order valence-corrected chi connectivity index (χ4v) is 1.24. The molecule has 0 fully saturated rings. The van der Waals surface area contributed by atoms with Crippen LogP contribution in [0.4, 0.5) is 0 Å². The van der Waals surface area contributed by atoms with Crippen LogP contribution >= 0.6 is 15.9 Å². The molecule has 0 spiro atoms. The number of rotatable bonds is 3. The van der Waals surface area contributed by atoms with Gasteiger partial charge in [0.2, 0.25) is 5.91 Å². The van der Waals surface area contributed by atoms with E-state index in [-0.39, 0.29) is 0 Å². The highest BCUT2D eigenvalue weighted by Gasteiger charge is 2.09. The third-order valence-electron chi connectivity index (χ3n) is 1.73. The first-order chi connectivity index (χ1) is 7.09. The van der Waals surface area contributed by atoms with Gasteiger partial charge in [0.1, 0.15) is 0 Å². The minimum absolute atomic E-state index is 0.470. The van der Waals surface area contributed by atoms with Gasteiger partial charge in [-0.2, -0.15) is 0 Å². The Morgan fingerprint density at radius 3 is 2.20 bits per heavy atom. The summed E-state index contributed by atoms with van der Waals surface area (Å²) in [5.41, 5.74) is 11.5. The van der Waals surface area contributed by atoms with Crippen molar-refractivity contribution in [2.45, 2.75) is 26.3 Å². The molecule has 0 saturated carbocycles. The van der Waals surface area contributed by atoms with E-state index >= 15 is 0 Å². The molecule has 0 radical (unpaired) electrons. The Morgan fingerprint density at radius 2 is 1.80 bits per heavy atom. The number of halogens is 1. The van der Waals surface area contributed by atoms with Crippen LogP contribution in [0, 0.1) is 0 Å². The molecule has 84 valence electrons. The summed E-state index contributed by atoms with van der Waals surface area (Å²) in [6, 6.07) is 7.03. The Morgan fingerprint density at radius 1 is 1.33 bits per heavy atom. The van der Waals surface area contributed by atoms with Gasteiger partial charge in [0.05, 0.1) is 6.04 Å². The minimum atomic E-state index is -0.596. The molecule has 4 heteroatoms. The Hall–Kier alpha value is -0.870. The van der Waals surface area contributed by atoms with E-state index in [0.29, 0.717) is 6.42 Å². The highest BCUT2D eigenvalue weighted by Crippen LogP contribution is 2.11. The van der Waals surface area contributed by atoms with E-state index in [2.05, 4.69) is 15.9 Å². The van der Waals surface area contributed by atoms with E-state index in [4.69, 9.17) is 11.5 Å². The summed E-state index contributed by atoms with van der Waals surface area (Å²) in [5, 5.41) is 0. The molecule has 4 N–H and O–H groups in total. The molecule has 15 heavy (non-hydrogen) atoms. The summed E-state index contributed by atoms with van der Waals surface area (Å²) in [4.78, 5) is 10.7. The molecule has 1 aromatic rings. The van der Waals surface area contributed by atoms with Crippen molar-refractivity contribution in [1.82, 2.24) is 0 Å². The molecule has 0 aromatic heterocycles. The molecule has 0 heterocycles. The zero-order valence-electron chi connectivity index (χ0n) is 9.03. The second kappa shape index (κ2) is 7.43. The lowest BCUT2D eigenvalue weighted by Gasteiger charge is -2.06. The lowest BCUT2D eigenvalue weighted by Crippen LogP contribution is -2.38. The second-order valence-corrected chi connectivity index (χ2v) is 3.76. The zero-order chi connectivity index (χ0) is 11.8. The van der Waals surface area contributed by atoms with Crippen molar-refractivity contribution < 1.29 is 4.79 Å². The molecule has 0 aliphatic carbocycles. The summed E-state index contributed by atoms with van der Waals surface area (Å²) in [6.07, 6.45) is 0.489. The number of benzene rings is 1. The van der Waals surface area contributed by atoms with Gasteiger partial charge in [-0.15, -0.1) is 0 Å². The normalized spacial score (nSPS) is 11.2. The van der Waals surface area contributed by atoms with E-state index < -0.39 is 11.9 Å². The van der Waals surface area contributed by atoms with Crippen molar-refractivity contribution in [3.63, 3.8) is 0 Å². The lowest BCUT2D eigenvalue weighted by atomic mass is 10.1. The third-order valence-corrected chi connectivity index (χ3v) is 2.26. The van der Waals surface area contributed by atoms with Crippen LogP contribution < -0.4 is 11.5 Å². The molecule has 0 saturated heterocycles. The fraction of sp³-hybridized carbons (Fsp3) is 0.364. The van der Waals surface area contributed by atoms with Crippen molar-refractivity contribution in [1.29, 1.82) is 0 Å². The molecule has 0 aliphatic heterocycles. The Kier molecular flexibility index (Phi) is 6.99. The van der Waals surface area contributed by atoms with Gasteiger partial charge >= 0.3 is 0 Å². The first-order valence-electron chi connectivity index (χ1n) is 4.89. The van der Waals surface area contributed by atoms with Crippen LogP contribution in [-0.4, -0.2) is 11.9 Å². The summed E-state index contributed by atoms with van der Waals surface area (Å²) < 4.78 is 1.00. The Labute approximate surface area is 99.0 Å². The van der Waals surface area contributed by atoms with Gasteiger partial charge in [-0.3, -0.25) is 4.79 Å². The largest absolute Gasteiger partial charge is 0.368 e. The Bertz CT molecular complexity index is 298. The van der Waals surface area contributed by atoms with Crippen molar-refractivity contribution in [2.24, 2.45) is 11.5 Å². The van der Waals surface area contributed by atoms with E-state index in [1.165, 1.54) is 0 Å². The number of hydrogen-bond acceptors (Lipinski definition) is 2. The van der Waals surface area contributed by atoms with Gasteiger partial charge < -0.3 is 11.5 Å². The highest BCUT2D eigenvalue weighted by molar-refractivity contribution is 9.10. The number of carbonyl (C=O) groups is 1. The first kappa shape index (κ1) is 14.1. The standard InChI is InChI=1S/C9H11BrN2O.C2H6/c10-7-3-1-6(2-4-7)5-8(11)9(12)13;1-2/h1-4,8H,5,11H2,(H2,12,13);1-2H3. The first-order valence-corrected chi connectivity index (χ1v) is 5.68. The van der Waals surface area contributed by atoms with Crippen molar-refractivity contribution >= 4 is 21.8 Å². The molecule has 0 bridgehead atoms. The summed E-state index contributed by atoms with van der Waals surface area (Å²) in [6.45, 7) is 4.00. The van der Waals surface area contributed by atoms with Crippen LogP contribution in [0.15, 0.2) is 28.7 Å². The van der Waals surface area contributed by atoms with Gasteiger partial charge in [0.25, 0.3) is 0 Å². The molecular formula is C11H17BrN2O.